The summed E-state index contributed by atoms with van der Waals surface area (Å²) in [6.45, 7) is 2.06. The molecule has 0 aliphatic rings. The van der Waals surface area contributed by atoms with Crippen LogP contribution in [0.1, 0.15) is 5.56 Å². The van der Waals surface area contributed by atoms with Gasteiger partial charge >= 0.3 is 0 Å². The summed E-state index contributed by atoms with van der Waals surface area (Å²) in [5.74, 6) is 1.61. The Bertz CT molecular complexity index is 542. The third-order valence-electron chi connectivity index (χ3n) is 2.89. The maximum absolute atomic E-state index is 5.44. The summed E-state index contributed by atoms with van der Waals surface area (Å²) in [6.07, 6.45) is 0. The molecule has 0 saturated heterocycles. The van der Waals surface area contributed by atoms with E-state index in [1.165, 1.54) is 5.56 Å². The molecule has 0 aliphatic heterocycles. The topological polar surface area (TPSA) is 18.5 Å². The fourth-order valence-corrected chi connectivity index (χ4v) is 2.42. The molecule has 2 nitrogen and oxygen atoms in total. The SMILES string of the molecule is COc1cccc(OC)c1-c1cccc(C)c1Br. The van der Waals surface area contributed by atoms with Crippen molar-refractivity contribution in [1.82, 2.24) is 0 Å². The van der Waals surface area contributed by atoms with Gasteiger partial charge in [0.1, 0.15) is 11.5 Å². The summed E-state index contributed by atoms with van der Waals surface area (Å²) in [7, 11) is 3.34. The zero-order valence-electron chi connectivity index (χ0n) is 10.7. The smallest absolute Gasteiger partial charge is 0.130 e. The predicted octanol–water partition coefficient (Wildman–Crippen LogP) is 4.44. The molecule has 0 unspecified atom stereocenters. The highest BCUT2D eigenvalue weighted by atomic mass is 79.9. The number of hydrogen-bond donors (Lipinski definition) is 0. The Morgan fingerprint density at radius 1 is 0.889 bits per heavy atom. The molecule has 0 radical (unpaired) electrons. The number of rotatable bonds is 3. The highest BCUT2D eigenvalue weighted by Crippen LogP contribution is 2.42. The van der Waals surface area contributed by atoms with Gasteiger partial charge in [-0.05, 0) is 40.5 Å². The first-order chi connectivity index (χ1) is 8.69. The summed E-state index contributed by atoms with van der Waals surface area (Å²) in [5.41, 5.74) is 3.22. The van der Waals surface area contributed by atoms with E-state index >= 15 is 0 Å². The Hall–Kier alpha value is -1.48. The standard InChI is InChI=1S/C15H15BrO2/c1-10-6-4-7-11(15(10)16)14-12(17-2)8-5-9-13(14)18-3/h4-9H,1-3H3. The normalized spacial score (nSPS) is 10.2. The van der Waals surface area contributed by atoms with Crippen LogP contribution >= 0.6 is 15.9 Å². The van der Waals surface area contributed by atoms with Crippen molar-refractivity contribution in [2.24, 2.45) is 0 Å². The van der Waals surface area contributed by atoms with Crippen molar-refractivity contribution in [3.63, 3.8) is 0 Å². The number of halogens is 1. The van der Waals surface area contributed by atoms with E-state index in [2.05, 4.69) is 35.0 Å². The van der Waals surface area contributed by atoms with E-state index in [1.54, 1.807) is 14.2 Å². The Morgan fingerprint density at radius 2 is 1.44 bits per heavy atom. The van der Waals surface area contributed by atoms with E-state index in [-0.39, 0.29) is 0 Å². The van der Waals surface area contributed by atoms with Gasteiger partial charge in [-0.2, -0.15) is 0 Å². The van der Waals surface area contributed by atoms with Gasteiger partial charge in [-0.25, -0.2) is 0 Å². The van der Waals surface area contributed by atoms with Crippen LogP contribution < -0.4 is 9.47 Å². The molecule has 2 rings (SSSR count). The van der Waals surface area contributed by atoms with Crippen LogP contribution in [0.5, 0.6) is 11.5 Å². The lowest BCUT2D eigenvalue weighted by atomic mass is 10.0. The molecule has 0 atom stereocenters. The van der Waals surface area contributed by atoms with Gasteiger partial charge in [0.2, 0.25) is 0 Å². The highest BCUT2D eigenvalue weighted by molar-refractivity contribution is 9.10. The summed E-state index contributed by atoms with van der Waals surface area (Å²) in [6, 6.07) is 11.9. The van der Waals surface area contributed by atoms with Gasteiger partial charge in [0.25, 0.3) is 0 Å². The first-order valence-electron chi connectivity index (χ1n) is 5.65. The molecule has 3 heteroatoms. The van der Waals surface area contributed by atoms with Crippen LogP contribution in [-0.4, -0.2) is 14.2 Å². The largest absolute Gasteiger partial charge is 0.496 e. The number of aryl methyl sites for hydroxylation is 1. The molecule has 0 N–H and O–H groups in total. The zero-order chi connectivity index (χ0) is 13.1. The lowest BCUT2D eigenvalue weighted by Crippen LogP contribution is -1.94. The number of ether oxygens (including phenoxy) is 2. The summed E-state index contributed by atoms with van der Waals surface area (Å²) in [5, 5.41) is 0. The van der Waals surface area contributed by atoms with E-state index in [0.717, 1.165) is 27.1 Å². The van der Waals surface area contributed by atoms with Crippen LogP contribution in [-0.2, 0) is 0 Å². The third kappa shape index (κ3) is 2.23. The first-order valence-corrected chi connectivity index (χ1v) is 6.44. The fraction of sp³-hybridized carbons (Fsp3) is 0.200. The monoisotopic (exact) mass is 306 g/mol. The molecule has 2 aromatic carbocycles. The van der Waals surface area contributed by atoms with Gasteiger partial charge in [0, 0.05) is 10.0 Å². The molecular formula is C15H15BrO2. The van der Waals surface area contributed by atoms with Crippen LogP contribution in [0.25, 0.3) is 11.1 Å². The molecule has 0 amide bonds. The minimum atomic E-state index is 0.806. The van der Waals surface area contributed by atoms with Crippen molar-refractivity contribution >= 4 is 15.9 Å². The molecule has 18 heavy (non-hydrogen) atoms. The number of methoxy groups -OCH3 is 2. The van der Waals surface area contributed by atoms with Gasteiger partial charge in [0.15, 0.2) is 0 Å². The maximum atomic E-state index is 5.44. The minimum Gasteiger partial charge on any atom is -0.496 e. The van der Waals surface area contributed by atoms with Crippen LogP contribution in [0.15, 0.2) is 40.9 Å². The molecule has 0 aliphatic carbocycles. The van der Waals surface area contributed by atoms with Gasteiger partial charge < -0.3 is 9.47 Å². The Morgan fingerprint density at radius 3 is 2.00 bits per heavy atom. The second-order valence-electron chi connectivity index (χ2n) is 3.97. The summed E-state index contributed by atoms with van der Waals surface area (Å²) < 4.78 is 11.9. The summed E-state index contributed by atoms with van der Waals surface area (Å²) in [4.78, 5) is 0. The van der Waals surface area contributed by atoms with Crippen LogP contribution in [0, 0.1) is 6.92 Å². The highest BCUT2D eigenvalue weighted by Gasteiger charge is 2.15. The molecule has 0 bridgehead atoms. The molecular weight excluding hydrogens is 292 g/mol. The lowest BCUT2D eigenvalue weighted by molar-refractivity contribution is 0.397. The van der Waals surface area contributed by atoms with Crippen LogP contribution in [0.3, 0.4) is 0 Å². The van der Waals surface area contributed by atoms with Gasteiger partial charge in [-0.3, -0.25) is 0 Å². The maximum Gasteiger partial charge on any atom is 0.130 e. The lowest BCUT2D eigenvalue weighted by Gasteiger charge is -2.15. The molecule has 0 heterocycles. The Kier molecular flexibility index (Phi) is 3.92. The number of hydrogen-bond acceptors (Lipinski definition) is 2. The number of benzene rings is 2. The second kappa shape index (κ2) is 5.44. The third-order valence-corrected chi connectivity index (χ3v) is 3.94. The van der Waals surface area contributed by atoms with Gasteiger partial charge in [-0.15, -0.1) is 0 Å². The Balaban J connectivity index is 2.73. The van der Waals surface area contributed by atoms with Crippen LogP contribution in [0.2, 0.25) is 0 Å². The molecule has 94 valence electrons. The van der Waals surface area contributed by atoms with Crippen molar-refractivity contribution in [2.75, 3.05) is 14.2 Å². The molecule has 0 aromatic heterocycles. The zero-order valence-corrected chi connectivity index (χ0v) is 12.2. The first kappa shape index (κ1) is 13.0. The minimum absolute atomic E-state index is 0.806. The van der Waals surface area contributed by atoms with Crippen molar-refractivity contribution in [1.29, 1.82) is 0 Å². The molecule has 0 fully saturated rings. The molecule has 0 saturated carbocycles. The quantitative estimate of drug-likeness (QED) is 0.834. The fourth-order valence-electron chi connectivity index (χ4n) is 1.96. The van der Waals surface area contributed by atoms with E-state index in [0.29, 0.717) is 0 Å². The van der Waals surface area contributed by atoms with Crippen LogP contribution in [0.4, 0.5) is 0 Å². The van der Waals surface area contributed by atoms with Gasteiger partial charge in [0.05, 0.1) is 19.8 Å². The second-order valence-corrected chi connectivity index (χ2v) is 4.77. The van der Waals surface area contributed by atoms with Gasteiger partial charge in [-0.1, -0.05) is 24.3 Å². The van der Waals surface area contributed by atoms with Crippen molar-refractivity contribution in [2.45, 2.75) is 6.92 Å². The summed E-state index contributed by atoms with van der Waals surface area (Å²) >= 11 is 3.63. The van der Waals surface area contributed by atoms with E-state index < -0.39 is 0 Å². The van der Waals surface area contributed by atoms with Crippen molar-refractivity contribution < 1.29 is 9.47 Å². The van der Waals surface area contributed by atoms with E-state index in [1.807, 2.05) is 24.3 Å². The van der Waals surface area contributed by atoms with E-state index in [4.69, 9.17) is 9.47 Å². The average Bonchev–Trinajstić information content (AvgIpc) is 2.41. The predicted molar refractivity (Wildman–Crippen MR) is 77.4 cm³/mol. The Labute approximate surface area is 116 Å². The van der Waals surface area contributed by atoms with E-state index in [9.17, 15) is 0 Å². The molecule has 0 spiro atoms. The van der Waals surface area contributed by atoms with Crippen molar-refractivity contribution in [3.05, 3.63) is 46.4 Å². The van der Waals surface area contributed by atoms with Crippen molar-refractivity contribution in [3.8, 4) is 22.6 Å². The average molecular weight is 307 g/mol. The molecule has 2 aromatic rings.